The number of esters is 1. The van der Waals surface area contributed by atoms with E-state index in [2.05, 4.69) is 15.4 Å². The van der Waals surface area contributed by atoms with Gasteiger partial charge in [-0.05, 0) is 24.6 Å². The molecule has 0 aromatic heterocycles. The largest absolute Gasteiger partial charge is 0.467 e. The van der Waals surface area contributed by atoms with Crippen LogP contribution >= 0.6 is 0 Å². The molecule has 0 radical (unpaired) electrons. The molecule has 2 aromatic rings. The molecule has 7 nitrogen and oxygen atoms in total. The van der Waals surface area contributed by atoms with E-state index >= 15 is 0 Å². The molecule has 0 unspecified atom stereocenters. The number of carbonyl (C=O) groups is 3. The lowest BCUT2D eigenvalue weighted by molar-refractivity contribution is -0.146. The van der Waals surface area contributed by atoms with Gasteiger partial charge in [0.05, 0.1) is 13.2 Å². The number of nitrogens with one attached hydrogen (secondary N) is 2. The lowest BCUT2D eigenvalue weighted by Crippen LogP contribution is -2.49. The molecule has 0 spiro atoms. The van der Waals surface area contributed by atoms with Crippen molar-refractivity contribution in [1.29, 1.82) is 0 Å². The van der Waals surface area contributed by atoms with Crippen LogP contribution in [-0.2, 0) is 14.3 Å². The lowest BCUT2D eigenvalue weighted by Gasteiger charge is -2.25. The number of amides is 2. The highest BCUT2D eigenvalue weighted by Crippen LogP contribution is 2.18. The summed E-state index contributed by atoms with van der Waals surface area (Å²) in [4.78, 5) is 36.4. The van der Waals surface area contributed by atoms with Crippen LogP contribution in [0.1, 0.15) is 28.9 Å². The number of hydrogen-bond donors (Lipinski definition) is 3. The third kappa shape index (κ3) is 5.39. The molecular formula is C20H22N2O5. The molecule has 3 N–H and O–H groups in total. The number of carbonyl (C=O) groups excluding carboxylic acids is 3. The van der Waals surface area contributed by atoms with Crippen molar-refractivity contribution < 1.29 is 24.2 Å². The van der Waals surface area contributed by atoms with E-state index in [4.69, 9.17) is 0 Å². The van der Waals surface area contributed by atoms with Gasteiger partial charge < -0.3 is 20.5 Å². The number of aliphatic hydroxyl groups is 1. The minimum atomic E-state index is -1.60. The van der Waals surface area contributed by atoms with E-state index in [1.165, 1.54) is 14.0 Å². The summed E-state index contributed by atoms with van der Waals surface area (Å²) in [7, 11) is 1.20. The van der Waals surface area contributed by atoms with Gasteiger partial charge in [0.1, 0.15) is 6.04 Å². The summed E-state index contributed by atoms with van der Waals surface area (Å²) >= 11 is 0. The third-order valence-corrected chi connectivity index (χ3v) is 3.98. The van der Waals surface area contributed by atoms with Gasteiger partial charge in [-0.15, -0.1) is 0 Å². The first-order valence-corrected chi connectivity index (χ1v) is 8.41. The van der Waals surface area contributed by atoms with E-state index in [0.29, 0.717) is 11.1 Å². The highest BCUT2D eigenvalue weighted by atomic mass is 16.5. The maximum absolute atomic E-state index is 12.5. The van der Waals surface area contributed by atoms with Crippen LogP contribution in [0.3, 0.4) is 0 Å². The second-order valence-corrected chi connectivity index (χ2v) is 5.93. The molecular weight excluding hydrogens is 348 g/mol. The fourth-order valence-corrected chi connectivity index (χ4v) is 2.50. The Balaban J connectivity index is 2.21. The first kappa shape index (κ1) is 20.1. The Hall–Kier alpha value is -3.19. The van der Waals surface area contributed by atoms with Gasteiger partial charge in [0.25, 0.3) is 11.8 Å². The fraction of sp³-hybridized carbons (Fsp3) is 0.250. The number of hydrogen-bond acceptors (Lipinski definition) is 5. The van der Waals surface area contributed by atoms with Crippen molar-refractivity contribution in [3.63, 3.8) is 0 Å². The lowest BCUT2D eigenvalue weighted by atomic mass is 10.00. The van der Waals surface area contributed by atoms with E-state index in [9.17, 15) is 19.5 Å². The Labute approximate surface area is 157 Å². The van der Waals surface area contributed by atoms with Crippen molar-refractivity contribution in [2.24, 2.45) is 0 Å². The molecule has 2 rings (SSSR count). The predicted octanol–water partition coefficient (Wildman–Crippen LogP) is 1.20. The van der Waals surface area contributed by atoms with Crippen molar-refractivity contribution in [2.75, 3.05) is 7.11 Å². The molecule has 3 atom stereocenters. The zero-order chi connectivity index (χ0) is 19.8. The first-order chi connectivity index (χ1) is 12.9. The normalized spacial score (nSPS) is 13.7. The van der Waals surface area contributed by atoms with E-state index in [1.807, 2.05) is 0 Å². The Morgan fingerprint density at radius 3 is 2.04 bits per heavy atom. The van der Waals surface area contributed by atoms with Crippen LogP contribution in [0.25, 0.3) is 0 Å². The van der Waals surface area contributed by atoms with Gasteiger partial charge in [0, 0.05) is 5.56 Å². The molecule has 142 valence electrons. The number of ether oxygens (including phenoxy) is 1. The average Bonchev–Trinajstić information content (AvgIpc) is 2.71. The summed E-state index contributed by atoms with van der Waals surface area (Å²) in [5, 5.41) is 15.6. The molecule has 0 saturated carbocycles. The Morgan fingerprint density at radius 2 is 1.48 bits per heavy atom. The summed E-state index contributed by atoms with van der Waals surface area (Å²) in [6.07, 6.45) is -1.60. The fourth-order valence-electron chi connectivity index (χ4n) is 2.50. The summed E-state index contributed by atoms with van der Waals surface area (Å²) in [5.41, 5.74) is 0.948. The Bertz CT molecular complexity index is 779. The quantitative estimate of drug-likeness (QED) is 0.635. The van der Waals surface area contributed by atoms with Crippen molar-refractivity contribution in [2.45, 2.75) is 25.1 Å². The number of rotatable bonds is 7. The molecule has 0 aliphatic carbocycles. The average molecular weight is 370 g/mol. The van der Waals surface area contributed by atoms with Crippen LogP contribution in [0.15, 0.2) is 60.7 Å². The van der Waals surface area contributed by atoms with E-state index < -0.39 is 36.0 Å². The van der Waals surface area contributed by atoms with Crippen LogP contribution in [0, 0.1) is 0 Å². The molecule has 2 amide bonds. The van der Waals surface area contributed by atoms with Gasteiger partial charge in [0.2, 0.25) is 0 Å². The molecule has 7 heteroatoms. The van der Waals surface area contributed by atoms with Gasteiger partial charge in [-0.25, -0.2) is 4.79 Å². The van der Waals surface area contributed by atoms with Gasteiger partial charge in [0.15, 0.2) is 6.10 Å². The predicted molar refractivity (Wildman–Crippen MR) is 98.7 cm³/mol. The van der Waals surface area contributed by atoms with E-state index in [1.54, 1.807) is 60.7 Å². The Kier molecular flexibility index (Phi) is 7.08. The maximum atomic E-state index is 12.5. The summed E-state index contributed by atoms with van der Waals surface area (Å²) < 4.78 is 4.56. The zero-order valence-corrected chi connectivity index (χ0v) is 15.1. The Morgan fingerprint density at radius 1 is 0.926 bits per heavy atom. The highest BCUT2D eigenvalue weighted by Gasteiger charge is 2.31. The smallest absolute Gasteiger partial charge is 0.328 e. The van der Waals surface area contributed by atoms with Crippen LogP contribution in [-0.4, -0.2) is 42.1 Å². The minimum absolute atomic E-state index is 0.397. The topological polar surface area (TPSA) is 105 Å². The third-order valence-electron chi connectivity index (χ3n) is 3.98. The van der Waals surface area contributed by atoms with Crippen molar-refractivity contribution >= 4 is 17.8 Å². The molecule has 0 aliphatic rings. The van der Waals surface area contributed by atoms with Crippen LogP contribution in [0.4, 0.5) is 0 Å². The van der Waals surface area contributed by atoms with Crippen LogP contribution < -0.4 is 10.6 Å². The zero-order valence-electron chi connectivity index (χ0n) is 15.1. The van der Waals surface area contributed by atoms with Gasteiger partial charge in [-0.3, -0.25) is 9.59 Å². The molecule has 0 aliphatic heterocycles. The van der Waals surface area contributed by atoms with Gasteiger partial charge in [-0.1, -0.05) is 48.5 Å². The minimum Gasteiger partial charge on any atom is -0.467 e. The SMILES string of the molecule is COC(=O)[C@@H](C)NC(=O)[C@H](O)[C@@H](NC(=O)c1ccccc1)c1ccccc1. The number of methoxy groups -OCH3 is 1. The highest BCUT2D eigenvalue weighted by molar-refractivity contribution is 5.95. The standard InChI is InChI=1S/C20H22N2O5/c1-13(20(26)27-2)21-19(25)17(23)16(14-9-5-3-6-10-14)22-18(24)15-11-7-4-8-12-15/h3-13,16-17,23H,1-2H3,(H,21,25)(H,22,24)/t13-,16+,17-/m1/s1. The summed E-state index contributed by atoms with van der Waals surface area (Å²) in [5.74, 6) is -1.87. The first-order valence-electron chi connectivity index (χ1n) is 8.41. The molecule has 27 heavy (non-hydrogen) atoms. The van der Waals surface area contributed by atoms with Gasteiger partial charge in [-0.2, -0.15) is 0 Å². The summed E-state index contributed by atoms with van der Waals surface area (Å²) in [6, 6.07) is 15.2. The molecule has 0 saturated heterocycles. The second kappa shape index (κ2) is 9.49. The van der Waals surface area contributed by atoms with Crippen LogP contribution in [0.5, 0.6) is 0 Å². The van der Waals surface area contributed by atoms with Crippen molar-refractivity contribution in [1.82, 2.24) is 10.6 Å². The second-order valence-electron chi connectivity index (χ2n) is 5.93. The number of benzene rings is 2. The summed E-state index contributed by atoms with van der Waals surface area (Å²) in [6.45, 7) is 1.44. The monoisotopic (exact) mass is 370 g/mol. The molecule has 0 bridgehead atoms. The maximum Gasteiger partial charge on any atom is 0.328 e. The van der Waals surface area contributed by atoms with Gasteiger partial charge >= 0.3 is 5.97 Å². The van der Waals surface area contributed by atoms with E-state index in [-0.39, 0.29) is 0 Å². The molecule has 0 heterocycles. The number of aliphatic hydroxyl groups excluding tert-OH is 1. The van der Waals surface area contributed by atoms with Crippen molar-refractivity contribution in [3.8, 4) is 0 Å². The van der Waals surface area contributed by atoms with Crippen molar-refractivity contribution in [3.05, 3.63) is 71.8 Å². The van der Waals surface area contributed by atoms with Crippen LogP contribution in [0.2, 0.25) is 0 Å². The molecule has 2 aromatic carbocycles. The molecule has 0 fully saturated rings. The van der Waals surface area contributed by atoms with E-state index in [0.717, 1.165) is 0 Å².